The van der Waals surface area contributed by atoms with Crippen LogP contribution in [0.2, 0.25) is 0 Å². The Labute approximate surface area is 239 Å². The number of carbonyl (C=O) groups excluding carboxylic acids is 1. The number of aliphatic hydroxyl groups excluding tert-OH is 1. The predicted octanol–water partition coefficient (Wildman–Crippen LogP) is 3.79. The number of rotatable bonds is 10. The zero-order chi connectivity index (χ0) is 30.9. The van der Waals surface area contributed by atoms with Crippen LogP contribution in [0.3, 0.4) is 0 Å². The summed E-state index contributed by atoms with van der Waals surface area (Å²) in [7, 11) is 1.31. The first-order chi connectivity index (χ1) is 19.7. The molecule has 13 heteroatoms. The summed E-state index contributed by atoms with van der Waals surface area (Å²) in [6, 6.07) is 9.83. The number of pyridine rings is 1. The standard InChI is InChI=1S/C29H31F4N3O6/c1-4-27(34)15-42-25-20(27)12-23(36-24(25)17-5-8-19(30)9-6-17)28(39,29(31,32)33)14-35-26(38)18-7-10-21(22(11-18)40-3)41-13-16(2)37/h5-12,16,37,39H,4,13-15,34H2,1-3H3,(H,35,38)/t16-,27+,28-/m1/s1. The molecule has 1 aliphatic rings. The molecule has 42 heavy (non-hydrogen) atoms. The molecule has 0 bridgehead atoms. The molecule has 1 aliphatic heterocycles. The van der Waals surface area contributed by atoms with Crippen molar-refractivity contribution in [3.8, 4) is 28.5 Å². The number of aliphatic hydroxyl groups is 2. The van der Waals surface area contributed by atoms with Gasteiger partial charge in [0.15, 0.2) is 17.2 Å². The second-order valence-electron chi connectivity index (χ2n) is 10.1. The first-order valence-corrected chi connectivity index (χ1v) is 13.0. The Balaban J connectivity index is 1.71. The van der Waals surface area contributed by atoms with E-state index in [-0.39, 0.29) is 52.8 Å². The van der Waals surface area contributed by atoms with Crippen LogP contribution in [-0.2, 0) is 11.1 Å². The maximum atomic E-state index is 14.6. The maximum absolute atomic E-state index is 14.6. The highest BCUT2D eigenvalue weighted by Crippen LogP contribution is 2.47. The lowest BCUT2D eigenvalue weighted by atomic mass is 9.86. The number of alkyl halides is 3. The third kappa shape index (κ3) is 5.98. The number of nitrogens with one attached hydrogen (secondary N) is 1. The average Bonchev–Trinajstić information content (AvgIpc) is 3.30. The number of halogens is 4. The van der Waals surface area contributed by atoms with Crippen molar-refractivity contribution in [3.63, 3.8) is 0 Å². The molecule has 3 atom stereocenters. The van der Waals surface area contributed by atoms with Crippen LogP contribution >= 0.6 is 0 Å². The van der Waals surface area contributed by atoms with Crippen LogP contribution in [0.1, 0.15) is 41.9 Å². The molecule has 0 saturated heterocycles. The Bertz CT molecular complexity index is 1450. The van der Waals surface area contributed by atoms with Crippen molar-refractivity contribution in [3.05, 3.63) is 71.2 Å². The average molecular weight is 594 g/mol. The van der Waals surface area contributed by atoms with Gasteiger partial charge in [-0.05, 0) is 61.9 Å². The van der Waals surface area contributed by atoms with Crippen LogP contribution in [-0.4, -0.2) is 60.3 Å². The first-order valence-electron chi connectivity index (χ1n) is 13.0. The summed E-state index contributed by atoms with van der Waals surface area (Å²) in [5.41, 5.74) is 1.12. The number of fused-ring (bicyclic) bond motifs is 1. The molecular weight excluding hydrogens is 562 g/mol. The second-order valence-corrected chi connectivity index (χ2v) is 10.1. The summed E-state index contributed by atoms with van der Waals surface area (Å²) < 4.78 is 73.7. The van der Waals surface area contributed by atoms with E-state index in [1.54, 1.807) is 6.92 Å². The highest BCUT2D eigenvalue weighted by Gasteiger charge is 2.57. The van der Waals surface area contributed by atoms with Crippen LogP contribution in [0.15, 0.2) is 48.5 Å². The van der Waals surface area contributed by atoms with Crippen LogP contribution in [0.5, 0.6) is 17.2 Å². The van der Waals surface area contributed by atoms with Crippen molar-refractivity contribution >= 4 is 5.91 Å². The fourth-order valence-electron chi connectivity index (χ4n) is 4.42. The largest absolute Gasteiger partial charge is 0.493 e. The monoisotopic (exact) mass is 593 g/mol. The van der Waals surface area contributed by atoms with E-state index in [1.165, 1.54) is 44.4 Å². The van der Waals surface area contributed by atoms with E-state index in [0.29, 0.717) is 6.42 Å². The van der Waals surface area contributed by atoms with Gasteiger partial charge in [0.05, 0.1) is 31.0 Å². The van der Waals surface area contributed by atoms with E-state index in [2.05, 4.69) is 10.3 Å². The molecule has 9 nitrogen and oxygen atoms in total. The number of aromatic nitrogens is 1. The highest BCUT2D eigenvalue weighted by molar-refractivity contribution is 5.95. The van der Waals surface area contributed by atoms with Gasteiger partial charge >= 0.3 is 6.18 Å². The minimum Gasteiger partial charge on any atom is -0.493 e. The normalized spacial score (nSPS) is 18.4. The van der Waals surface area contributed by atoms with Gasteiger partial charge in [0, 0.05) is 16.7 Å². The Kier molecular flexibility index (Phi) is 8.67. The zero-order valence-corrected chi connectivity index (χ0v) is 23.1. The summed E-state index contributed by atoms with van der Waals surface area (Å²) in [6.07, 6.45) is -5.77. The SMILES string of the molecule is CC[C@]1(N)COc2c1cc([C@](O)(CNC(=O)c1ccc(OC[C@@H](C)O)c(OC)c1)C(F)(F)F)nc2-c1ccc(F)cc1. The number of benzene rings is 2. The molecule has 3 aromatic rings. The molecule has 0 fully saturated rings. The van der Waals surface area contributed by atoms with Gasteiger partial charge in [-0.2, -0.15) is 13.2 Å². The zero-order valence-electron chi connectivity index (χ0n) is 23.1. The van der Waals surface area contributed by atoms with Crippen LogP contribution in [0.25, 0.3) is 11.3 Å². The lowest BCUT2D eigenvalue weighted by Crippen LogP contribution is -2.51. The van der Waals surface area contributed by atoms with Crippen molar-refractivity contribution in [2.45, 2.75) is 43.7 Å². The number of hydrogen-bond acceptors (Lipinski definition) is 8. The van der Waals surface area contributed by atoms with E-state index in [0.717, 1.165) is 18.2 Å². The topological polar surface area (TPSA) is 136 Å². The van der Waals surface area contributed by atoms with E-state index >= 15 is 0 Å². The Morgan fingerprint density at radius 3 is 2.48 bits per heavy atom. The molecule has 0 aliphatic carbocycles. The number of methoxy groups -OCH3 is 1. The number of nitrogens with zero attached hydrogens (tertiary/aromatic N) is 1. The van der Waals surface area contributed by atoms with Crippen LogP contribution in [0.4, 0.5) is 17.6 Å². The van der Waals surface area contributed by atoms with E-state index in [1.807, 2.05) is 0 Å². The van der Waals surface area contributed by atoms with E-state index < -0.39 is 47.4 Å². The van der Waals surface area contributed by atoms with Crippen molar-refractivity contribution in [2.24, 2.45) is 5.73 Å². The molecule has 226 valence electrons. The molecule has 2 aromatic carbocycles. The molecule has 2 heterocycles. The van der Waals surface area contributed by atoms with E-state index in [9.17, 15) is 32.6 Å². The number of amides is 1. The quantitative estimate of drug-likeness (QED) is 0.261. The highest BCUT2D eigenvalue weighted by atomic mass is 19.4. The van der Waals surface area contributed by atoms with Gasteiger partial charge in [-0.15, -0.1) is 0 Å². The third-order valence-electron chi connectivity index (χ3n) is 7.04. The fourth-order valence-corrected chi connectivity index (χ4v) is 4.42. The Morgan fingerprint density at radius 2 is 1.88 bits per heavy atom. The molecule has 0 saturated carbocycles. The molecule has 0 radical (unpaired) electrons. The molecule has 5 N–H and O–H groups in total. The van der Waals surface area contributed by atoms with Crippen molar-refractivity contribution < 1.29 is 46.8 Å². The molecule has 4 rings (SSSR count). The van der Waals surface area contributed by atoms with Crippen molar-refractivity contribution in [2.75, 3.05) is 26.9 Å². The first kappa shape index (κ1) is 31.0. The summed E-state index contributed by atoms with van der Waals surface area (Å²) in [5.74, 6) is -1.06. The van der Waals surface area contributed by atoms with Gasteiger partial charge in [0.2, 0.25) is 5.60 Å². The summed E-state index contributed by atoms with van der Waals surface area (Å²) in [4.78, 5) is 17.1. The minimum absolute atomic E-state index is 0.0435. The van der Waals surface area contributed by atoms with Gasteiger partial charge in [-0.3, -0.25) is 4.79 Å². The lowest BCUT2D eigenvalue weighted by Gasteiger charge is -2.31. The molecule has 1 aromatic heterocycles. The van der Waals surface area contributed by atoms with Gasteiger partial charge in [0.1, 0.15) is 24.7 Å². The lowest BCUT2D eigenvalue weighted by molar-refractivity contribution is -0.265. The van der Waals surface area contributed by atoms with Gasteiger partial charge in [0.25, 0.3) is 5.91 Å². The third-order valence-corrected chi connectivity index (χ3v) is 7.04. The van der Waals surface area contributed by atoms with Crippen molar-refractivity contribution in [1.29, 1.82) is 0 Å². The summed E-state index contributed by atoms with van der Waals surface area (Å²) in [6.45, 7) is 1.86. The molecule has 0 unspecified atom stereocenters. The second kappa shape index (κ2) is 11.7. The van der Waals surface area contributed by atoms with Crippen molar-refractivity contribution in [1.82, 2.24) is 10.3 Å². The smallest absolute Gasteiger partial charge is 0.424 e. The minimum atomic E-state index is -5.29. The number of nitrogens with two attached hydrogens (primary N) is 1. The summed E-state index contributed by atoms with van der Waals surface area (Å²) >= 11 is 0. The number of hydrogen-bond donors (Lipinski definition) is 4. The van der Waals surface area contributed by atoms with Gasteiger partial charge in [-0.25, -0.2) is 9.37 Å². The van der Waals surface area contributed by atoms with E-state index in [4.69, 9.17) is 19.9 Å². The molecule has 1 amide bonds. The maximum Gasteiger partial charge on any atom is 0.424 e. The molecule has 0 spiro atoms. The molecular formula is C29H31F4N3O6. The van der Waals surface area contributed by atoms with Gasteiger partial charge < -0.3 is 35.5 Å². The van der Waals surface area contributed by atoms with Crippen LogP contribution < -0.4 is 25.3 Å². The number of ether oxygens (including phenoxy) is 3. The Morgan fingerprint density at radius 1 is 1.19 bits per heavy atom. The van der Waals surface area contributed by atoms with Crippen LogP contribution in [0, 0.1) is 5.82 Å². The predicted molar refractivity (Wildman–Crippen MR) is 144 cm³/mol. The van der Waals surface area contributed by atoms with Gasteiger partial charge in [-0.1, -0.05) is 6.92 Å². The number of carbonyl (C=O) groups is 1. The fraction of sp³-hybridized carbons (Fsp3) is 0.379. The summed E-state index contributed by atoms with van der Waals surface area (Å²) in [5, 5.41) is 22.7. The Hall–Kier alpha value is -3.94.